The molecule has 0 unspecified atom stereocenters. The van der Waals surface area contributed by atoms with Gasteiger partial charge in [0.05, 0.1) is 17.5 Å². The van der Waals surface area contributed by atoms with Crippen LogP contribution in [0.3, 0.4) is 0 Å². The number of nitrogens with zero attached hydrogens (tertiary/aromatic N) is 1. The number of hydrogen-bond acceptors (Lipinski definition) is 2. The average Bonchev–Trinajstić information content (AvgIpc) is 2.65. The molecule has 4 nitrogen and oxygen atoms in total. The fourth-order valence-electron chi connectivity index (χ4n) is 1.42. The lowest BCUT2D eigenvalue weighted by atomic mass is 10.1. The van der Waals surface area contributed by atoms with Crippen LogP contribution in [0.1, 0.15) is 16.2 Å². The number of carboxylic acids is 1. The number of aromatic carboxylic acids is 1. The normalized spacial score (nSPS) is 10.4. The molecule has 1 heterocycles. The molecule has 16 heavy (non-hydrogen) atoms. The first kappa shape index (κ1) is 10.4. The number of benzene rings is 1. The lowest BCUT2D eigenvalue weighted by Gasteiger charge is -2.01. The zero-order valence-electron chi connectivity index (χ0n) is 8.49. The number of aromatic nitrogens is 2. The largest absolute Gasteiger partial charge is 0.478 e. The summed E-state index contributed by atoms with van der Waals surface area (Å²) in [6.07, 6.45) is 1.58. The van der Waals surface area contributed by atoms with Crippen LogP contribution >= 0.6 is 0 Å². The fourth-order valence-corrected chi connectivity index (χ4v) is 1.42. The molecule has 0 saturated carbocycles. The number of carbonyl (C=O) groups is 1. The summed E-state index contributed by atoms with van der Waals surface area (Å²) in [6.45, 7) is 1.78. The van der Waals surface area contributed by atoms with Crippen LogP contribution in [0.5, 0.6) is 0 Å². The van der Waals surface area contributed by atoms with E-state index in [-0.39, 0.29) is 5.56 Å². The predicted octanol–water partition coefficient (Wildman–Crippen LogP) is 2.22. The minimum absolute atomic E-state index is 0.343. The van der Waals surface area contributed by atoms with Gasteiger partial charge in [0.25, 0.3) is 0 Å². The number of nitrogens with one attached hydrogen (secondary N) is 1. The third-order valence-electron chi connectivity index (χ3n) is 2.21. The van der Waals surface area contributed by atoms with Gasteiger partial charge in [-0.15, -0.1) is 0 Å². The van der Waals surface area contributed by atoms with Gasteiger partial charge < -0.3 is 10.1 Å². The molecule has 2 N–H and O–H groups in total. The van der Waals surface area contributed by atoms with Crippen molar-refractivity contribution in [3.05, 3.63) is 41.6 Å². The van der Waals surface area contributed by atoms with Crippen LogP contribution in [0.15, 0.2) is 24.4 Å². The van der Waals surface area contributed by atoms with Crippen LogP contribution in [0.2, 0.25) is 0 Å². The molecule has 1 aromatic carbocycles. The lowest BCUT2D eigenvalue weighted by molar-refractivity contribution is 0.0692. The highest BCUT2D eigenvalue weighted by atomic mass is 19.1. The number of rotatable bonds is 2. The van der Waals surface area contributed by atoms with Crippen molar-refractivity contribution in [3.63, 3.8) is 0 Å². The summed E-state index contributed by atoms with van der Waals surface area (Å²) in [5.74, 6) is -1.31. The van der Waals surface area contributed by atoms with Gasteiger partial charge >= 0.3 is 5.97 Å². The third kappa shape index (κ3) is 1.79. The van der Waals surface area contributed by atoms with Gasteiger partial charge in [-0.1, -0.05) is 0 Å². The van der Waals surface area contributed by atoms with Crippen molar-refractivity contribution < 1.29 is 14.3 Å². The summed E-state index contributed by atoms with van der Waals surface area (Å²) in [7, 11) is 0. The predicted molar refractivity (Wildman–Crippen MR) is 55.7 cm³/mol. The molecule has 0 saturated heterocycles. The molecule has 1 aromatic heterocycles. The number of imidazole rings is 1. The molecular weight excluding hydrogens is 211 g/mol. The highest BCUT2D eigenvalue weighted by Gasteiger charge is 2.12. The SMILES string of the molecule is Cc1ncc(-c2ccc(F)c(C(=O)O)c2)[nH]1. The summed E-state index contributed by atoms with van der Waals surface area (Å²) < 4.78 is 13.1. The number of aryl methyl sites for hydroxylation is 1. The molecule has 2 rings (SSSR count). The molecule has 0 bridgehead atoms. The second kappa shape index (κ2) is 3.77. The summed E-state index contributed by atoms with van der Waals surface area (Å²) in [5.41, 5.74) is 0.921. The fraction of sp³-hybridized carbons (Fsp3) is 0.0909. The third-order valence-corrected chi connectivity index (χ3v) is 2.21. The van der Waals surface area contributed by atoms with Gasteiger partial charge in [0, 0.05) is 5.56 Å². The second-order valence-corrected chi connectivity index (χ2v) is 3.38. The van der Waals surface area contributed by atoms with Gasteiger partial charge in [0.1, 0.15) is 11.6 Å². The average molecular weight is 220 g/mol. The Morgan fingerprint density at radius 3 is 2.81 bits per heavy atom. The van der Waals surface area contributed by atoms with Crippen molar-refractivity contribution in [1.82, 2.24) is 9.97 Å². The number of carboxylic acid groups (broad SMARTS) is 1. The van der Waals surface area contributed by atoms with Crippen molar-refractivity contribution in [1.29, 1.82) is 0 Å². The summed E-state index contributed by atoms with van der Waals surface area (Å²) in [5, 5.41) is 8.78. The first-order chi connectivity index (χ1) is 7.58. The Morgan fingerprint density at radius 1 is 1.50 bits per heavy atom. The van der Waals surface area contributed by atoms with E-state index in [4.69, 9.17) is 5.11 Å². The minimum Gasteiger partial charge on any atom is -0.478 e. The maximum absolute atomic E-state index is 13.1. The van der Waals surface area contributed by atoms with Gasteiger partial charge in [-0.25, -0.2) is 14.2 Å². The topological polar surface area (TPSA) is 66.0 Å². The molecule has 2 aromatic rings. The Labute approximate surface area is 90.8 Å². The standard InChI is InChI=1S/C11H9FN2O2/c1-6-13-5-10(14-6)7-2-3-9(12)8(4-7)11(15)16/h2-5H,1H3,(H,13,14)(H,15,16). The van der Waals surface area contributed by atoms with Crippen LogP contribution in [0.4, 0.5) is 4.39 Å². The molecular formula is C11H9FN2O2. The van der Waals surface area contributed by atoms with E-state index in [0.29, 0.717) is 11.3 Å². The smallest absolute Gasteiger partial charge is 0.338 e. The van der Waals surface area contributed by atoms with Gasteiger partial charge in [-0.05, 0) is 25.1 Å². The molecule has 0 radical (unpaired) electrons. The number of H-pyrrole nitrogens is 1. The first-order valence-corrected chi connectivity index (χ1v) is 4.63. The van der Waals surface area contributed by atoms with Gasteiger partial charge in [-0.3, -0.25) is 0 Å². The molecule has 0 fully saturated rings. The first-order valence-electron chi connectivity index (χ1n) is 4.63. The lowest BCUT2D eigenvalue weighted by Crippen LogP contribution is -2.00. The van der Waals surface area contributed by atoms with Crippen molar-refractivity contribution in [2.24, 2.45) is 0 Å². The molecule has 5 heteroatoms. The molecule has 0 atom stereocenters. The van der Waals surface area contributed by atoms with E-state index in [1.54, 1.807) is 13.1 Å². The number of aromatic amines is 1. The maximum Gasteiger partial charge on any atom is 0.338 e. The zero-order chi connectivity index (χ0) is 11.7. The Hall–Kier alpha value is -2.17. The molecule has 0 aliphatic heterocycles. The van der Waals surface area contributed by atoms with E-state index in [1.165, 1.54) is 12.1 Å². The van der Waals surface area contributed by atoms with Crippen molar-refractivity contribution in [2.75, 3.05) is 0 Å². The van der Waals surface area contributed by atoms with Crippen LogP contribution in [-0.4, -0.2) is 21.0 Å². The summed E-state index contributed by atoms with van der Waals surface area (Å²) in [6, 6.07) is 3.92. The van der Waals surface area contributed by atoms with Crippen molar-refractivity contribution >= 4 is 5.97 Å². The Balaban J connectivity index is 2.51. The van der Waals surface area contributed by atoms with E-state index >= 15 is 0 Å². The zero-order valence-corrected chi connectivity index (χ0v) is 8.49. The highest BCUT2D eigenvalue weighted by molar-refractivity contribution is 5.89. The highest BCUT2D eigenvalue weighted by Crippen LogP contribution is 2.20. The van der Waals surface area contributed by atoms with Gasteiger partial charge in [0.2, 0.25) is 0 Å². The van der Waals surface area contributed by atoms with Crippen LogP contribution < -0.4 is 0 Å². The van der Waals surface area contributed by atoms with E-state index in [2.05, 4.69) is 9.97 Å². The van der Waals surface area contributed by atoms with E-state index in [0.717, 1.165) is 11.9 Å². The molecule has 0 amide bonds. The number of halogens is 1. The summed E-state index contributed by atoms with van der Waals surface area (Å²) >= 11 is 0. The van der Waals surface area contributed by atoms with E-state index < -0.39 is 11.8 Å². The summed E-state index contributed by atoms with van der Waals surface area (Å²) in [4.78, 5) is 17.7. The minimum atomic E-state index is -1.28. The maximum atomic E-state index is 13.1. The Bertz CT molecular complexity index is 549. The van der Waals surface area contributed by atoms with Crippen molar-refractivity contribution in [2.45, 2.75) is 6.92 Å². The Morgan fingerprint density at radius 2 is 2.25 bits per heavy atom. The molecule has 0 aliphatic carbocycles. The van der Waals surface area contributed by atoms with E-state index in [9.17, 15) is 9.18 Å². The molecule has 0 spiro atoms. The van der Waals surface area contributed by atoms with Gasteiger partial charge in [0.15, 0.2) is 0 Å². The van der Waals surface area contributed by atoms with Crippen LogP contribution in [-0.2, 0) is 0 Å². The van der Waals surface area contributed by atoms with E-state index in [1.807, 2.05) is 0 Å². The van der Waals surface area contributed by atoms with Crippen LogP contribution in [0, 0.1) is 12.7 Å². The second-order valence-electron chi connectivity index (χ2n) is 3.38. The quantitative estimate of drug-likeness (QED) is 0.815. The van der Waals surface area contributed by atoms with Crippen molar-refractivity contribution in [3.8, 4) is 11.3 Å². The molecule has 0 aliphatic rings. The van der Waals surface area contributed by atoms with Gasteiger partial charge in [-0.2, -0.15) is 0 Å². The number of hydrogen-bond donors (Lipinski definition) is 2. The van der Waals surface area contributed by atoms with Crippen LogP contribution in [0.25, 0.3) is 11.3 Å². The Kier molecular flexibility index (Phi) is 2.44. The monoisotopic (exact) mass is 220 g/mol. The molecule has 82 valence electrons.